The van der Waals surface area contributed by atoms with E-state index in [9.17, 15) is 4.79 Å². The van der Waals surface area contributed by atoms with Crippen molar-refractivity contribution in [3.63, 3.8) is 0 Å². The second kappa shape index (κ2) is 1.96. The van der Waals surface area contributed by atoms with E-state index in [2.05, 4.69) is 0 Å². The van der Waals surface area contributed by atoms with Crippen LogP contribution in [0.2, 0.25) is 1.41 Å². The van der Waals surface area contributed by atoms with Crippen LogP contribution in [0, 0.1) is 0 Å². The summed E-state index contributed by atoms with van der Waals surface area (Å²) >= 11 is 0. The highest BCUT2D eigenvalue weighted by Crippen LogP contribution is 1.98. The zero-order valence-electron chi connectivity index (χ0n) is 6.05. The van der Waals surface area contributed by atoms with E-state index in [1.807, 2.05) is 0 Å². The summed E-state index contributed by atoms with van der Waals surface area (Å²) in [7, 11) is 0. The van der Waals surface area contributed by atoms with Gasteiger partial charge in [-0.15, -0.1) is 0 Å². The number of hydrogen-bond acceptors (Lipinski definition) is 1. The van der Waals surface area contributed by atoms with Gasteiger partial charge in [0, 0.05) is 14.3 Å². The average molecular weight is 101 g/mol. The summed E-state index contributed by atoms with van der Waals surface area (Å²) < 4.78 is 14.1. The summed E-state index contributed by atoms with van der Waals surface area (Å²) in [6.07, 6.45) is 0.744. The summed E-state index contributed by atoms with van der Waals surface area (Å²) in [6.45, 7) is 0.494. The van der Waals surface area contributed by atoms with Crippen molar-refractivity contribution in [2.24, 2.45) is 0 Å². The lowest BCUT2D eigenvalue weighted by Crippen LogP contribution is -2.28. The summed E-state index contributed by atoms with van der Waals surface area (Å²) in [5.74, 6) is -0.360. The molecule has 1 amide bonds. The summed E-state index contributed by atoms with van der Waals surface area (Å²) in [4.78, 5) is 10.7. The SMILES string of the molecule is [2H]C1CCCN([2H])C1=O. The van der Waals surface area contributed by atoms with E-state index in [1.54, 1.807) is 0 Å². The summed E-state index contributed by atoms with van der Waals surface area (Å²) in [6, 6.07) is 0. The molecule has 0 bridgehead atoms. The minimum atomic E-state index is -0.670. The normalized spacial score (nSPS) is 37.4. The zero-order chi connectivity index (χ0) is 6.85. The molecule has 0 saturated carbocycles. The lowest BCUT2D eigenvalue weighted by molar-refractivity contribution is -0.122. The molecule has 1 rings (SSSR count). The molecule has 0 spiro atoms. The Morgan fingerprint density at radius 2 is 2.71 bits per heavy atom. The standard InChI is InChI=1S/C5H9NO/c7-5-3-1-2-4-6-5/h1-4H2,(H,6,7)/i3D/hD. The van der Waals surface area contributed by atoms with Gasteiger partial charge in [-0.3, -0.25) is 4.79 Å². The molecule has 1 aliphatic rings. The number of piperidine rings is 1. The van der Waals surface area contributed by atoms with Crippen LogP contribution in [0.1, 0.15) is 20.6 Å². The van der Waals surface area contributed by atoms with Gasteiger partial charge >= 0.3 is 0 Å². The fraction of sp³-hybridized carbons (Fsp3) is 0.800. The molecule has 1 fully saturated rings. The highest BCUT2D eigenvalue weighted by molar-refractivity contribution is 5.76. The molecule has 7 heavy (non-hydrogen) atoms. The maximum Gasteiger partial charge on any atom is 0.219 e. The van der Waals surface area contributed by atoms with Gasteiger partial charge in [-0.25, -0.2) is 0 Å². The Balaban J connectivity index is 2.52. The van der Waals surface area contributed by atoms with Crippen molar-refractivity contribution >= 4 is 5.91 Å². The maximum absolute atomic E-state index is 10.7. The number of carbonyl (C=O) groups excluding carboxylic acids is 1. The van der Waals surface area contributed by atoms with E-state index < -0.39 is 6.40 Å². The van der Waals surface area contributed by atoms with Crippen molar-refractivity contribution in [1.29, 1.82) is 0 Å². The largest absolute Gasteiger partial charge is 0.356 e. The molecule has 0 aromatic rings. The molecule has 0 aromatic carbocycles. The Morgan fingerprint density at radius 3 is 3.29 bits per heavy atom. The molecule has 1 heterocycles. The molecule has 1 saturated heterocycles. The molecule has 1 N–H and O–H groups in total. The van der Waals surface area contributed by atoms with Gasteiger partial charge in [-0.1, -0.05) is 0 Å². The second-order valence-electron chi connectivity index (χ2n) is 1.57. The van der Waals surface area contributed by atoms with Gasteiger partial charge in [-0.05, 0) is 12.8 Å². The van der Waals surface area contributed by atoms with E-state index in [1.165, 1.54) is 0 Å². The number of amides is 1. The molecule has 2 nitrogen and oxygen atoms in total. The maximum atomic E-state index is 10.7. The highest BCUT2D eigenvalue weighted by atomic mass is 16.1. The van der Waals surface area contributed by atoms with E-state index in [0.717, 1.165) is 11.7 Å². The number of rotatable bonds is 0. The Hall–Kier alpha value is -0.530. The molecule has 1 unspecified atom stereocenters. The predicted octanol–water partition coefficient (Wildman–Crippen LogP) is 0.286. The molecular formula is C5H9NO. The Bertz CT molecular complexity index is 116. The van der Waals surface area contributed by atoms with Crippen molar-refractivity contribution in [3.8, 4) is 0 Å². The van der Waals surface area contributed by atoms with Crippen LogP contribution >= 0.6 is 0 Å². The van der Waals surface area contributed by atoms with Gasteiger partial charge in [0.15, 0.2) is 1.41 Å². The van der Waals surface area contributed by atoms with Crippen LogP contribution in [-0.4, -0.2) is 12.5 Å². The van der Waals surface area contributed by atoms with Crippen LogP contribution < -0.4 is 5.31 Å². The molecule has 1 atom stereocenters. The van der Waals surface area contributed by atoms with Gasteiger partial charge in [0.25, 0.3) is 0 Å². The monoisotopic (exact) mass is 101 g/mol. The van der Waals surface area contributed by atoms with Crippen LogP contribution in [0.5, 0.6) is 0 Å². The van der Waals surface area contributed by atoms with Crippen molar-refractivity contribution in [1.82, 2.24) is 5.31 Å². The first-order valence-corrected chi connectivity index (χ1v) is 2.44. The Labute approximate surface area is 45.8 Å². The molecule has 0 aromatic heterocycles. The first kappa shape index (κ1) is 2.70. The van der Waals surface area contributed by atoms with Crippen molar-refractivity contribution in [3.05, 3.63) is 0 Å². The fourth-order valence-electron chi connectivity index (χ4n) is 0.571. The molecule has 1 aliphatic heterocycles. The number of hydrogen-bond donors (Lipinski definition) is 1. The highest BCUT2D eigenvalue weighted by Gasteiger charge is 2.04. The molecule has 2 heteroatoms. The molecule has 0 aliphatic carbocycles. The molecule has 40 valence electrons. The van der Waals surface area contributed by atoms with E-state index >= 15 is 0 Å². The Morgan fingerprint density at radius 1 is 1.86 bits per heavy atom. The van der Waals surface area contributed by atoms with Crippen LogP contribution in [0.4, 0.5) is 0 Å². The first-order valence-electron chi connectivity index (χ1n) is 3.47. The van der Waals surface area contributed by atoms with Gasteiger partial charge in [-0.2, -0.15) is 0 Å². The third-order valence-corrected chi connectivity index (χ3v) is 0.949. The first-order chi connectivity index (χ1) is 4.22. The average Bonchev–Trinajstić information content (AvgIpc) is 1.83. The van der Waals surface area contributed by atoms with E-state index in [0.29, 0.717) is 13.0 Å². The quantitative estimate of drug-likeness (QED) is 0.466. The third kappa shape index (κ3) is 1.18. The van der Waals surface area contributed by atoms with E-state index in [4.69, 9.17) is 2.78 Å². The topological polar surface area (TPSA) is 29.1 Å². The van der Waals surface area contributed by atoms with Crippen LogP contribution in [0.3, 0.4) is 0 Å². The summed E-state index contributed by atoms with van der Waals surface area (Å²) in [5, 5.41) is 0.876. The number of carbonyl (C=O) groups is 1. The van der Waals surface area contributed by atoms with Crippen LogP contribution in [0.25, 0.3) is 0 Å². The lowest BCUT2D eigenvalue weighted by atomic mass is 10.2. The Kier molecular flexibility index (Phi) is 0.755. The third-order valence-electron chi connectivity index (χ3n) is 0.949. The lowest BCUT2D eigenvalue weighted by Gasteiger charge is -2.08. The van der Waals surface area contributed by atoms with Crippen molar-refractivity contribution in [2.75, 3.05) is 6.54 Å². The van der Waals surface area contributed by atoms with Gasteiger partial charge < -0.3 is 5.31 Å². The van der Waals surface area contributed by atoms with Gasteiger partial charge in [0.2, 0.25) is 5.91 Å². The van der Waals surface area contributed by atoms with Gasteiger partial charge in [0.1, 0.15) is 0 Å². The van der Waals surface area contributed by atoms with Crippen LogP contribution in [-0.2, 0) is 4.79 Å². The van der Waals surface area contributed by atoms with E-state index in [-0.39, 0.29) is 5.91 Å². The second-order valence-corrected chi connectivity index (χ2v) is 1.57. The fourth-order valence-corrected chi connectivity index (χ4v) is 0.571. The van der Waals surface area contributed by atoms with Crippen molar-refractivity contribution in [2.45, 2.75) is 19.2 Å². The smallest absolute Gasteiger partial charge is 0.219 e. The summed E-state index contributed by atoms with van der Waals surface area (Å²) in [5.41, 5.74) is 0. The molecular weight excluding hydrogens is 90.1 g/mol. The minimum Gasteiger partial charge on any atom is -0.356 e. The predicted molar refractivity (Wildman–Crippen MR) is 26.9 cm³/mol. The zero-order valence-corrected chi connectivity index (χ0v) is 4.05. The van der Waals surface area contributed by atoms with Gasteiger partial charge in [0.05, 0.1) is 0 Å². The number of nitrogens with one attached hydrogen (secondary N) is 1. The van der Waals surface area contributed by atoms with Crippen molar-refractivity contribution < 1.29 is 7.58 Å². The van der Waals surface area contributed by atoms with Crippen LogP contribution in [0.15, 0.2) is 0 Å². The molecule has 0 radical (unpaired) electrons. The minimum absolute atomic E-state index is 0.360.